The fraction of sp³-hybridized carbons (Fsp3) is 0.200. The minimum Gasteiger partial charge on any atom is -0.404 e. The van der Waals surface area contributed by atoms with Crippen molar-refractivity contribution >= 4 is 11.5 Å². The molecule has 0 aliphatic carbocycles. The van der Waals surface area contributed by atoms with Gasteiger partial charge in [-0.2, -0.15) is 0 Å². The summed E-state index contributed by atoms with van der Waals surface area (Å²) < 4.78 is 0. The van der Waals surface area contributed by atoms with Gasteiger partial charge in [-0.15, -0.1) is 0 Å². The quantitative estimate of drug-likeness (QED) is 0.691. The standard InChI is InChI=1S/C10H13N3O/c1-13(2)10(14)9(6-11)8-4-3-5-12-7-8/h3-7H,11H2,1-2H3/b9-6-. The van der Waals surface area contributed by atoms with Gasteiger partial charge in [0.25, 0.3) is 5.91 Å². The van der Waals surface area contributed by atoms with Gasteiger partial charge in [0.05, 0.1) is 5.57 Å². The number of amides is 1. The summed E-state index contributed by atoms with van der Waals surface area (Å²) in [6.07, 6.45) is 4.57. The molecule has 1 heterocycles. The maximum atomic E-state index is 11.6. The number of nitrogens with zero attached hydrogens (tertiary/aromatic N) is 2. The van der Waals surface area contributed by atoms with Crippen molar-refractivity contribution in [2.45, 2.75) is 0 Å². The molecule has 0 saturated carbocycles. The van der Waals surface area contributed by atoms with Crippen molar-refractivity contribution < 1.29 is 4.79 Å². The topological polar surface area (TPSA) is 59.2 Å². The third-order valence-corrected chi connectivity index (χ3v) is 1.78. The molecule has 0 atom stereocenters. The average molecular weight is 191 g/mol. The van der Waals surface area contributed by atoms with Crippen molar-refractivity contribution in [3.8, 4) is 0 Å². The lowest BCUT2D eigenvalue weighted by Crippen LogP contribution is -2.23. The van der Waals surface area contributed by atoms with Crippen LogP contribution < -0.4 is 5.73 Å². The summed E-state index contributed by atoms with van der Waals surface area (Å²) in [5.74, 6) is -0.125. The van der Waals surface area contributed by atoms with Crippen LogP contribution in [0.4, 0.5) is 0 Å². The van der Waals surface area contributed by atoms with E-state index in [0.29, 0.717) is 5.57 Å². The van der Waals surface area contributed by atoms with E-state index in [4.69, 9.17) is 5.73 Å². The molecule has 0 aliphatic heterocycles. The number of rotatable bonds is 2. The molecular formula is C10H13N3O. The van der Waals surface area contributed by atoms with Crippen LogP contribution in [0.25, 0.3) is 5.57 Å². The zero-order valence-corrected chi connectivity index (χ0v) is 8.27. The van der Waals surface area contributed by atoms with Crippen LogP contribution in [-0.2, 0) is 4.79 Å². The van der Waals surface area contributed by atoms with Crippen LogP contribution in [-0.4, -0.2) is 29.9 Å². The van der Waals surface area contributed by atoms with Gasteiger partial charge in [0.1, 0.15) is 0 Å². The molecular weight excluding hydrogens is 178 g/mol. The molecule has 4 nitrogen and oxygen atoms in total. The lowest BCUT2D eigenvalue weighted by Gasteiger charge is -2.12. The number of carbonyl (C=O) groups is 1. The first-order valence-electron chi connectivity index (χ1n) is 4.20. The van der Waals surface area contributed by atoms with E-state index in [1.165, 1.54) is 11.1 Å². The predicted octanol–water partition coefficient (Wildman–Crippen LogP) is 0.469. The third-order valence-electron chi connectivity index (χ3n) is 1.78. The molecule has 2 N–H and O–H groups in total. The molecule has 0 aromatic carbocycles. The molecule has 1 aromatic rings. The first-order chi connectivity index (χ1) is 6.66. The first-order valence-corrected chi connectivity index (χ1v) is 4.20. The van der Waals surface area contributed by atoms with Gasteiger partial charge < -0.3 is 10.6 Å². The summed E-state index contributed by atoms with van der Waals surface area (Å²) in [4.78, 5) is 17.0. The van der Waals surface area contributed by atoms with Crippen LogP contribution in [0.2, 0.25) is 0 Å². The van der Waals surface area contributed by atoms with Gasteiger partial charge in [0.2, 0.25) is 0 Å². The highest BCUT2D eigenvalue weighted by atomic mass is 16.2. The van der Waals surface area contributed by atoms with E-state index in [1.54, 1.807) is 38.6 Å². The molecule has 1 rings (SSSR count). The van der Waals surface area contributed by atoms with Gasteiger partial charge >= 0.3 is 0 Å². The monoisotopic (exact) mass is 191 g/mol. The van der Waals surface area contributed by atoms with Crippen molar-refractivity contribution in [1.82, 2.24) is 9.88 Å². The molecule has 0 radical (unpaired) electrons. The van der Waals surface area contributed by atoms with Gasteiger partial charge in [-0.25, -0.2) is 0 Å². The summed E-state index contributed by atoms with van der Waals surface area (Å²) in [7, 11) is 3.37. The van der Waals surface area contributed by atoms with E-state index in [0.717, 1.165) is 5.56 Å². The smallest absolute Gasteiger partial charge is 0.255 e. The van der Waals surface area contributed by atoms with Crippen LogP contribution in [0.15, 0.2) is 30.7 Å². The minimum atomic E-state index is -0.125. The Morgan fingerprint density at radius 2 is 2.29 bits per heavy atom. The van der Waals surface area contributed by atoms with Gasteiger partial charge in [-0.05, 0) is 6.07 Å². The van der Waals surface area contributed by atoms with Gasteiger partial charge in [0, 0.05) is 38.3 Å². The Morgan fingerprint density at radius 1 is 1.57 bits per heavy atom. The van der Waals surface area contributed by atoms with E-state index < -0.39 is 0 Å². The molecule has 74 valence electrons. The lowest BCUT2D eigenvalue weighted by molar-refractivity contribution is -0.122. The maximum absolute atomic E-state index is 11.6. The molecule has 0 saturated heterocycles. The Bertz CT molecular complexity index is 344. The zero-order valence-electron chi connectivity index (χ0n) is 8.27. The number of pyridine rings is 1. The Labute approximate surface area is 83.0 Å². The van der Waals surface area contributed by atoms with Crippen LogP contribution in [0.3, 0.4) is 0 Å². The van der Waals surface area contributed by atoms with Crippen LogP contribution in [0, 0.1) is 0 Å². The number of hydrogen-bond acceptors (Lipinski definition) is 3. The first kappa shape index (κ1) is 10.2. The van der Waals surface area contributed by atoms with Crippen LogP contribution >= 0.6 is 0 Å². The summed E-state index contributed by atoms with van der Waals surface area (Å²) in [6, 6.07) is 3.56. The number of likely N-dealkylation sites (N-methyl/N-ethyl adjacent to an activating group) is 1. The van der Waals surface area contributed by atoms with Gasteiger partial charge in [0.15, 0.2) is 0 Å². The molecule has 0 bridgehead atoms. The number of aromatic nitrogens is 1. The highest BCUT2D eigenvalue weighted by Crippen LogP contribution is 2.13. The molecule has 0 unspecified atom stereocenters. The van der Waals surface area contributed by atoms with E-state index in [9.17, 15) is 4.79 Å². The fourth-order valence-corrected chi connectivity index (χ4v) is 1.05. The summed E-state index contributed by atoms with van der Waals surface area (Å²) in [5.41, 5.74) is 6.60. The van der Waals surface area contributed by atoms with Crippen LogP contribution in [0.5, 0.6) is 0 Å². The second-order valence-corrected chi connectivity index (χ2v) is 3.02. The summed E-state index contributed by atoms with van der Waals surface area (Å²) in [6.45, 7) is 0. The van der Waals surface area contributed by atoms with Gasteiger partial charge in [-0.3, -0.25) is 9.78 Å². The molecule has 0 aliphatic rings. The average Bonchev–Trinajstić information content (AvgIpc) is 2.20. The number of nitrogens with two attached hydrogens (primary N) is 1. The molecule has 4 heteroatoms. The third kappa shape index (κ3) is 2.10. The minimum absolute atomic E-state index is 0.125. The molecule has 14 heavy (non-hydrogen) atoms. The van der Waals surface area contributed by atoms with Crippen molar-refractivity contribution in [1.29, 1.82) is 0 Å². The lowest BCUT2D eigenvalue weighted by atomic mass is 10.1. The Morgan fingerprint density at radius 3 is 2.71 bits per heavy atom. The van der Waals surface area contributed by atoms with E-state index in [2.05, 4.69) is 4.98 Å². The number of hydrogen-bond donors (Lipinski definition) is 1. The van der Waals surface area contributed by atoms with Crippen molar-refractivity contribution in [3.63, 3.8) is 0 Å². The Kier molecular flexibility index (Phi) is 3.23. The van der Waals surface area contributed by atoms with E-state index in [1.807, 2.05) is 0 Å². The highest BCUT2D eigenvalue weighted by molar-refractivity contribution is 6.19. The van der Waals surface area contributed by atoms with E-state index >= 15 is 0 Å². The van der Waals surface area contributed by atoms with Crippen molar-refractivity contribution in [3.05, 3.63) is 36.3 Å². The summed E-state index contributed by atoms with van der Waals surface area (Å²) in [5, 5.41) is 0. The van der Waals surface area contributed by atoms with E-state index in [-0.39, 0.29) is 5.91 Å². The molecule has 1 aromatic heterocycles. The second-order valence-electron chi connectivity index (χ2n) is 3.02. The molecule has 0 fully saturated rings. The highest BCUT2D eigenvalue weighted by Gasteiger charge is 2.12. The molecule has 0 spiro atoms. The number of carbonyl (C=O) groups excluding carboxylic acids is 1. The molecule has 1 amide bonds. The predicted molar refractivity (Wildman–Crippen MR) is 55.1 cm³/mol. The zero-order chi connectivity index (χ0) is 10.6. The largest absolute Gasteiger partial charge is 0.404 e. The van der Waals surface area contributed by atoms with Crippen molar-refractivity contribution in [2.24, 2.45) is 5.73 Å². The second kappa shape index (κ2) is 4.41. The normalized spacial score (nSPS) is 11.1. The van der Waals surface area contributed by atoms with Gasteiger partial charge in [-0.1, -0.05) is 6.07 Å². The SMILES string of the molecule is CN(C)C(=O)/C(=C\N)c1cccnc1. The Hall–Kier alpha value is -1.84. The van der Waals surface area contributed by atoms with Crippen molar-refractivity contribution in [2.75, 3.05) is 14.1 Å². The summed E-state index contributed by atoms with van der Waals surface area (Å²) >= 11 is 0. The maximum Gasteiger partial charge on any atom is 0.255 e. The Balaban J connectivity index is 3.01. The van der Waals surface area contributed by atoms with Crippen LogP contribution in [0.1, 0.15) is 5.56 Å². The fourth-order valence-electron chi connectivity index (χ4n) is 1.05.